The average molecular weight is 276 g/mol. The van der Waals surface area contributed by atoms with E-state index >= 15 is 0 Å². The molecule has 1 N–H and O–H groups in total. The maximum Gasteiger partial charge on any atom is 0.0595 e. The molecular weight excluding hydrogens is 257 g/mol. The highest BCUT2D eigenvalue weighted by molar-refractivity contribution is 6.42. The number of halogens is 2. The standard InChI is InChI=1S/C13H19Cl2NO/c1-10(2)9-17-6-5-16-8-11-3-4-12(14)13(15)7-11/h3-4,7,10,16H,5-6,8-9H2,1-2H3. The maximum absolute atomic E-state index is 5.93. The van der Waals surface area contributed by atoms with E-state index in [1.165, 1.54) is 0 Å². The van der Waals surface area contributed by atoms with Crippen LogP contribution in [0.3, 0.4) is 0 Å². The van der Waals surface area contributed by atoms with Crippen LogP contribution < -0.4 is 5.32 Å². The lowest BCUT2D eigenvalue weighted by Gasteiger charge is -2.08. The fourth-order valence-electron chi connectivity index (χ4n) is 1.35. The first kappa shape index (κ1) is 14.8. The molecule has 0 saturated heterocycles. The van der Waals surface area contributed by atoms with Crippen LogP contribution in [0.15, 0.2) is 18.2 Å². The molecule has 0 aliphatic carbocycles. The Kier molecular flexibility index (Phi) is 6.90. The number of benzene rings is 1. The quantitative estimate of drug-likeness (QED) is 0.766. The third kappa shape index (κ3) is 6.27. The maximum atomic E-state index is 5.93. The van der Waals surface area contributed by atoms with Gasteiger partial charge in [-0.15, -0.1) is 0 Å². The summed E-state index contributed by atoms with van der Waals surface area (Å²) in [7, 11) is 0. The average Bonchev–Trinajstić information content (AvgIpc) is 2.27. The van der Waals surface area contributed by atoms with E-state index in [0.29, 0.717) is 16.0 Å². The van der Waals surface area contributed by atoms with Crippen LogP contribution in [0.2, 0.25) is 10.0 Å². The van der Waals surface area contributed by atoms with E-state index in [4.69, 9.17) is 27.9 Å². The molecule has 0 amide bonds. The zero-order chi connectivity index (χ0) is 12.7. The highest BCUT2D eigenvalue weighted by atomic mass is 35.5. The molecular formula is C13H19Cl2NO. The number of hydrogen-bond acceptors (Lipinski definition) is 2. The van der Waals surface area contributed by atoms with Gasteiger partial charge in [0.1, 0.15) is 0 Å². The minimum atomic E-state index is 0.588. The van der Waals surface area contributed by atoms with Gasteiger partial charge in [0, 0.05) is 19.7 Å². The van der Waals surface area contributed by atoms with Crippen molar-refractivity contribution in [2.45, 2.75) is 20.4 Å². The summed E-state index contributed by atoms with van der Waals surface area (Å²) in [6.45, 7) is 7.45. The van der Waals surface area contributed by atoms with Crippen LogP contribution in [-0.4, -0.2) is 19.8 Å². The first-order chi connectivity index (χ1) is 8.09. The fourth-order valence-corrected chi connectivity index (χ4v) is 1.67. The predicted octanol–water partition coefficient (Wildman–Crippen LogP) is 3.76. The van der Waals surface area contributed by atoms with Gasteiger partial charge in [-0.1, -0.05) is 43.1 Å². The van der Waals surface area contributed by atoms with Crippen LogP contribution in [0.1, 0.15) is 19.4 Å². The van der Waals surface area contributed by atoms with Crippen molar-refractivity contribution < 1.29 is 4.74 Å². The molecule has 4 heteroatoms. The molecule has 0 fully saturated rings. The van der Waals surface area contributed by atoms with Gasteiger partial charge >= 0.3 is 0 Å². The summed E-state index contributed by atoms with van der Waals surface area (Å²) in [4.78, 5) is 0. The number of nitrogens with one attached hydrogen (secondary N) is 1. The van der Waals surface area contributed by atoms with Gasteiger partial charge in [0.15, 0.2) is 0 Å². The van der Waals surface area contributed by atoms with Crippen molar-refractivity contribution in [2.24, 2.45) is 5.92 Å². The molecule has 0 spiro atoms. The van der Waals surface area contributed by atoms with Gasteiger partial charge in [0.2, 0.25) is 0 Å². The number of hydrogen-bond donors (Lipinski definition) is 1. The van der Waals surface area contributed by atoms with Gasteiger partial charge in [-0.05, 0) is 23.6 Å². The lowest BCUT2D eigenvalue weighted by molar-refractivity contribution is 0.111. The Morgan fingerprint density at radius 2 is 2.00 bits per heavy atom. The van der Waals surface area contributed by atoms with Crippen molar-refractivity contribution in [1.82, 2.24) is 5.32 Å². The van der Waals surface area contributed by atoms with E-state index in [2.05, 4.69) is 19.2 Å². The van der Waals surface area contributed by atoms with Gasteiger partial charge in [0.05, 0.1) is 16.7 Å². The smallest absolute Gasteiger partial charge is 0.0595 e. The molecule has 0 aromatic heterocycles. The Morgan fingerprint density at radius 1 is 1.24 bits per heavy atom. The zero-order valence-corrected chi connectivity index (χ0v) is 11.8. The molecule has 0 atom stereocenters. The van der Waals surface area contributed by atoms with Crippen molar-refractivity contribution in [3.8, 4) is 0 Å². The molecule has 0 saturated carbocycles. The van der Waals surface area contributed by atoms with Gasteiger partial charge in [-0.3, -0.25) is 0 Å². The summed E-state index contributed by atoms with van der Waals surface area (Å²) in [5, 5.41) is 4.49. The molecule has 0 radical (unpaired) electrons. The minimum Gasteiger partial charge on any atom is -0.380 e. The first-order valence-electron chi connectivity index (χ1n) is 5.82. The molecule has 2 nitrogen and oxygen atoms in total. The van der Waals surface area contributed by atoms with Crippen molar-refractivity contribution >= 4 is 23.2 Å². The summed E-state index contributed by atoms with van der Waals surface area (Å²) in [6, 6.07) is 5.66. The van der Waals surface area contributed by atoms with E-state index in [0.717, 1.165) is 31.9 Å². The molecule has 1 rings (SSSR count). The summed E-state index contributed by atoms with van der Waals surface area (Å²) in [6.07, 6.45) is 0. The Hall–Kier alpha value is -0.280. The second-order valence-electron chi connectivity index (χ2n) is 4.39. The second kappa shape index (κ2) is 7.93. The van der Waals surface area contributed by atoms with E-state index in [1.807, 2.05) is 18.2 Å². The molecule has 0 aliphatic rings. The molecule has 1 aromatic carbocycles. The Bertz CT molecular complexity index is 342. The normalized spacial score (nSPS) is 11.1. The monoisotopic (exact) mass is 275 g/mol. The van der Waals surface area contributed by atoms with E-state index in [9.17, 15) is 0 Å². The molecule has 0 heterocycles. The molecule has 0 bridgehead atoms. The van der Waals surface area contributed by atoms with E-state index in [1.54, 1.807) is 0 Å². The number of ether oxygens (including phenoxy) is 1. The van der Waals surface area contributed by atoms with Crippen molar-refractivity contribution in [1.29, 1.82) is 0 Å². The Morgan fingerprint density at radius 3 is 2.65 bits per heavy atom. The lowest BCUT2D eigenvalue weighted by atomic mass is 10.2. The lowest BCUT2D eigenvalue weighted by Crippen LogP contribution is -2.20. The van der Waals surface area contributed by atoms with Crippen molar-refractivity contribution in [2.75, 3.05) is 19.8 Å². The third-order valence-corrected chi connectivity index (χ3v) is 2.93. The fraction of sp³-hybridized carbons (Fsp3) is 0.538. The second-order valence-corrected chi connectivity index (χ2v) is 5.21. The SMILES string of the molecule is CC(C)COCCNCc1ccc(Cl)c(Cl)c1. The molecule has 96 valence electrons. The van der Waals surface area contributed by atoms with Gasteiger partial charge in [0.25, 0.3) is 0 Å². The third-order valence-electron chi connectivity index (χ3n) is 2.19. The summed E-state index contributed by atoms with van der Waals surface area (Å²) >= 11 is 11.8. The largest absolute Gasteiger partial charge is 0.380 e. The Balaban J connectivity index is 2.16. The van der Waals surface area contributed by atoms with E-state index in [-0.39, 0.29) is 0 Å². The topological polar surface area (TPSA) is 21.3 Å². The van der Waals surface area contributed by atoms with Crippen molar-refractivity contribution in [3.63, 3.8) is 0 Å². The summed E-state index contributed by atoms with van der Waals surface area (Å²) < 4.78 is 5.47. The van der Waals surface area contributed by atoms with Crippen LogP contribution in [0.25, 0.3) is 0 Å². The van der Waals surface area contributed by atoms with Gasteiger partial charge in [-0.25, -0.2) is 0 Å². The van der Waals surface area contributed by atoms with Crippen molar-refractivity contribution in [3.05, 3.63) is 33.8 Å². The minimum absolute atomic E-state index is 0.588. The van der Waals surface area contributed by atoms with Crippen LogP contribution >= 0.6 is 23.2 Å². The van der Waals surface area contributed by atoms with Crippen LogP contribution in [0.4, 0.5) is 0 Å². The molecule has 0 aliphatic heterocycles. The summed E-state index contributed by atoms with van der Waals surface area (Å²) in [5.41, 5.74) is 1.13. The summed E-state index contributed by atoms with van der Waals surface area (Å²) in [5.74, 6) is 0.588. The Labute approximate surface area is 113 Å². The highest BCUT2D eigenvalue weighted by Crippen LogP contribution is 2.22. The first-order valence-corrected chi connectivity index (χ1v) is 6.57. The van der Waals surface area contributed by atoms with Gasteiger partial charge < -0.3 is 10.1 Å². The van der Waals surface area contributed by atoms with Gasteiger partial charge in [-0.2, -0.15) is 0 Å². The van der Waals surface area contributed by atoms with Crippen LogP contribution in [0.5, 0.6) is 0 Å². The molecule has 17 heavy (non-hydrogen) atoms. The predicted molar refractivity (Wildman–Crippen MR) is 73.8 cm³/mol. The van der Waals surface area contributed by atoms with Crippen LogP contribution in [0, 0.1) is 5.92 Å². The number of rotatable bonds is 7. The molecule has 1 aromatic rings. The van der Waals surface area contributed by atoms with Crippen LogP contribution in [-0.2, 0) is 11.3 Å². The zero-order valence-electron chi connectivity index (χ0n) is 10.3. The molecule has 0 unspecified atom stereocenters. The van der Waals surface area contributed by atoms with E-state index < -0.39 is 0 Å². The highest BCUT2D eigenvalue weighted by Gasteiger charge is 1.99.